The van der Waals surface area contributed by atoms with Crippen LogP contribution in [0.15, 0.2) is 36.4 Å². The van der Waals surface area contributed by atoms with Gasteiger partial charge in [-0.2, -0.15) is 5.10 Å². The summed E-state index contributed by atoms with van der Waals surface area (Å²) in [6, 6.07) is 10.9. The topological polar surface area (TPSA) is 56.2 Å². The van der Waals surface area contributed by atoms with Gasteiger partial charge in [0, 0.05) is 18.0 Å². The van der Waals surface area contributed by atoms with Crippen LogP contribution in [0.1, 0.15) is 40.3 Å². The van der Waals surface area contributed by atoms with Crippen molar-refractivity contribution in [3.63, 3.8) is 0 Å². The number of amides is 1. The Labute approximate surface area is 137 Å². The molecule has 1 amide bonds. The second-order valence-corrected chi connectivity index (χ2v) is 7.07. The van der Waals surface area contributed by atoms with Crippen molar-refractivity contribution in [1.82, 2.24) is 9.78 Å². The Bertz CT molecular complexity index is 655. The van der Waals surface area contributed by atoms with Crippen LogP contribution in [0.3, 0.4) is 0 Å². The summed E-state index contributed by atoms with van der Waals surface area (Å²) < 4.78 is 7.11. The molecule has 0 atom stereocenters. The number of benzene rings is 1. The molecule has 1 aromatic carbocycles. The number of anilines is 1. The summed E-state index contributed by atoms with van der Waals surface area (Å²) in [5, 5.41) is 7.42. The molecule has 0 aliphatic heterocycles. The lowest BCUT2D eigenvalue weighted by molar-refractivity contribution is 0.215. The van der Waals surface area contributed by atoms with Crippen molar-refractivity contribution in [2.24, 2.45) is 5.92 Å². The Hall–Kier alpha value is -2.30. The predicted octanol–water partition coefficient (Wildman–Crippen LogP) is 4.45. The van der Waals surface area contributed by atoms with Crippen LogP contribution in [0.4, 0.5) is 10.6 Å². The number of aromatic nitrogens is 2. The molecule has 5 nitrogen and oxygen atoms in total. The lowest BCUT2D eigenvalue weighted by atomic mass is 9.92. The van der Waals surface area contributed by atoms with Crippen molar-refractivity contribution >= 4 is 11.9 Å². The van der Waals surface area contributed by atoms with E-state index in [-0.39, 0.29) is 5.41 Å². The van der Waals surface area contributed by atoms with Crippen LogP contribution in [0.25, 0.3) is 0 Å². The van der Waals surface area contributed by atoms with Gasteiger partial charge in [0.1, 0.15) is 11.6 Å². The van der Waals surface area contributed by atoms with E-state index in [1.165, 1.54) is 0 Å². The van der Waals surface area contributed by atoms with E-state index in [4.69, 9.17) is 4.74 Å². The average molecular weight is 315 g/mol. The van der Waals surface area contributed by atoms with E-state index < -0.39 is 6.09 Å². The number of hydrogen-bond acceptors (Lipinski definition) is 3. The van der Waals surface area contributed by atoms with Crippen molar-refractivity contribution in [3.8, 4) is 5.75 Å². The van der Waals surface area contributed by atoms with Crippen molar-refractivity contribution in [2.75, 3.05) is 5.32 Å². The second kappa shape index (κ2) is 6.86. The molecule has 0 bridgehead atoms. The largest absolute Gasteiger partial charge is 0.418 e. The fourth-order valence-corrected chi connectivity index (χ4v) is 2.09. The molecule has 124 valence electrons. The minimum atomic E-state index is -0.512. The first-order valence-corrected chi connectivity index (χ1v) is 7.88. The number of nitrogens with one attached hydrogen (secondary N) is 1. The maximum absolute atomic E-state index is 12.1. The Kier molecular flexibility index (Phi) is 5.08. The SMILES string of the molecule is CC(C)Cn1nc(C(C)(C)C)cc1NC(=O)Oc1ccccc1. The fourth-order valence-electron chi connectivity index (χ4n) is 2.09. The van der Waals surface area contributed by atoms with Crippen LogP contribution in [0.2, 0.25) is 0 Å². The van der Waals surface area contributed by atoms with E-state index in [2.05, 4.69) is 45.0 Å². The number of rotatable bonds is 4. The van der Waals surface area contributed by atoms with Gasteiger partial charge in [0.2, 0.25) is 0 Å². The summed E-state index contributed by atoms with van der Waals surface area (Å²) in [5.41, 5.74) is 0.857. The summed E-state index contributed by atoms with van der Waals surface area (Å²) in [5.74, 6) is 1.59. The van der Waals surface area contributed by atoms with Gasteiger partial charge in [-0.25, -0.2) is 9.48 Å². The van der Waals surface area contributed by atoms with Gasteiger partial charge in [-0.15, -0.1) is 0 Å². The quantitative estimate of drug-likeness (QED) is 0.907. The van der Waals surface area contributed by atoms with Gasteiger partial charge in [0.05, 0.1) is 5.69 Å². The molecule has 0 aliphatic rings. The van der Waals surface area contributed by atoms with E-state index in [9.17, 15) is 4.79 Å². The Balaban J connectivity index is 2.17. The first-order chi connectivity index (χ1) is 10.8. The normalized spacial score (nSPS) is 11.6. The van der Waals surface area contributed by atoms with Crippen LogP contribution >= 0.6 is 0 Å². The van der Waals surface area contributed by atoms with Crippen molar-refractivity contribution in [2.45, 2.75) is 46.6 Å². The molecular formula is C18H25N3O2. The molecule has 23 heavy (non-hydrogen) atoms. The van der Waals surface area contributed by atoms with Crippen LogP contribution in [0.5, 0.6) is 5.75 Å². The molecule has 0 unspecified atom stereocenters. The summed E-state index contributed by atoms with van der Waals surface area (Å²) >= 11 is 0. The summed E-state index contributed by atoms with van der Waals surface area (Å²) in [6.07, 6.45) is -0.512. The third kappa shape index (κ3) is 4.84. The predicted molar refractivity (Wildman–Crippen MR) is 91.9 cm³/mol. The number of hydrogen-bond donors (Lipinski definition) is 1. The molecule has 0 radical (unpaired) electrons. The highest BCUT2D eigenvalue weighted by Crippen LogP contribution is 2.25. The zero-order valence-electron chi connectivity index (χ0n) is 14.5. The van der Waals surface area contributed by atoms with Crippen LogP contribution in [-0.2, 0) is 12.0 Å². The minimum Gasteiger partial charge on any atom is -0.410 e. The zero-order chi connectivity index (χ0) is 17.0. The minimum absolute atomic E-state index is 0.0814. The molecule has 2 rings (SSSR count). The van der Waals surface area contributed by atoms with Gasteiger partial charge >= 0.3 is 6.09 Å². The summed E-state index contributed by atoms with van der Waals surface area (Å²) in [4.78, 5) is 12.1. The molecule has 0 aliphatic carbocycles. The highest BCUT2D eigenvalue weighted by atomic mass is 16.6. The third-order valence-electron chi connectivity index (χ3n) is 3.27. The Morgan fingerprint density at radius 3 is 2.48 bits per heavy atom. The zero-order valence-corrected chi connectivity index (χ0v) is 14.5. The first-order valence-electron chi connectivity index (χ1n) is 7.88. The molecule has 0 spiro atoms. The fraction of sp³-hybridized carbons (Fsp3) is 0.444. The van der Waals surface area contributed by atoms with E-state index in [1.807, 2.05) is 28.9 Å². The number of carbonyl (C=O) groups is 1. The monoisotopic (exact) mass is 315 g/mol. The summed E-state index contributed by atoms with van der Waals surface area (Å²) in [6.45, 7) is 11.3. The van der Waals surface area contributed by atoms with Gasteiger partial charge in [0.25, 0.3) is 0 Å². The maximum Gasteiger partial charge on any atom is 0.418 e. The first kappa shape index (κ1) is 17.1. The molecule has 1 N–H and O–H groups in total. The second-order valence-electron chi connectivity index (χ2n) is 7.07. The van der Waals surface area contributed by atoms with E-state index in [0.29, 0.717) is 17.5 Å². The Morgan fingerprint density at radius 2 is 1.91 bits per heavy atom. The maximum atomic E-state index is 12.1. The van der Waals surface area contributed by atoms with Crippen molar-refractivity contribution < 1.29 is 9.53 Å². The van der Waals surface area contributed by atoms with E-state index in [1.54, 1.807) is 12.1 Å². The van der Waals surface area contributed by atoms with Gasteiger partial charge in [-0.3, -0.25) is 5.32 Å². The van der Waals surface area contributed by atoms with Crippen molar-refractivity contribution in [1.29, 1.82) is 0 Å². The van der Waals surface area contributed by atoms with E-state index in [0.717, 1.165) is 12.2 Å². The molecular weight excluding hydrogens is 290 g/mol. The van der Waals surface area contributed by atoms with Crippen molar-refractivity contribution in [3.05, 3.63) is 42.1 Å². The molecule has 0 fully saturated rings. The Morgan fingerprint density at radius 1 is 1.26 bits per heavy atom. The van der Waals surface area contributed by atoms with Gasteiger partial charge in [0.15, 0.2) is 0 Å². The lowest BCUT2D eigenvalue weighted by Gasteiger charge is -2.14. The van der Waals surface area contributed by atoms with Crippen LogP contribution < -0.4 is 10.1 Å². The molecule has 0 saturated carbocycles. The number of para-hydroxylation sites is 1. The van der Waals surface area contributed by atoms with Gasteiger partial charge in [-0.05, 0) is 18.1 Å². The highest BCUT2D eigenvalue weighted by molar-refractivity contribution is 5.85. The lowest BCUT2D eigenvalue weighted by Crippen LogP contribution is -2.20. The standard InChI is InChI=1S/C18H25N3O2/c1-13(2)12-21-16(11-15(20-21)18(3,4)5)19-17(22)23-14-9-7-6-8-10-14/h6-11,13H,12H2,1-5H3,(H,19,22). The number of carbonyl (C=O) groups excluding carboxylic acids is 1. The number of nitrogens with zero attached hydrogens (tertiary/aromatic N) is 2. The summed E-state index contributed by atoms with van der Waals surface area (Å²) in [7, 11) is 0. The average Bonchev–Trinajstić information content (AvgIpc) is 2.82. The smallest absolute Gasteiger partial charge is 0.410 e. The molecule has 1 aromatic heterocycles. The third-order valence-corrected chi connectivity index (χ3v) is 3.27. The van der Waals surface area contributed by atoms with Crippen LogP contribution in [0, 0.1) is 5.92 Å². The van der Waals surface area contributed by atoms with E-state index >= 15 is 0 Å². The molecule has 5 heteroatoms. The van der Waals surface area contributed by atoms with Crippen LogP contribution in [-0.4, -0.2) is 15.9 Å². The molecule has 1 heterocycles. The number of ether oxygens (including phenoxy) is 1. The van der Waals surface area contributed by atoms with Gasteiger partial charge < -0.3 is 4.74 Å². The van der Waals surface area contributed by atoms with Gasteiger partial charge in [-0.1, -0.05) is 52.8 Å². The highest BCUT2D eigenvalue weighted by Gasteiger charge is 2.21. The molecule has 0 saturated heterocycles. The molecule has 2 aromatic rings.